The van der Waals surface area contributed by atoms with Gasteiger partial charge in [-0.15, -0.1) is 0 Å². The first-order valence-corrected chi connectivity index (χ1v) is 9.92. The van der Waals surface area contributed by atoms with E-state index in [0.29, 0.717) is 11.7 Å². The van der Waals surface area contributed by atoms with E-state index in [4.69, 9.17) is 15.6 Å². The van der Waals surface area contributed by atoms with Gasteiger partial charge in [0.15, 0.2) is 0 Å². The van der Waals surface area contributed by atoms with Crippen molar-refractivity contribution in [3.63, 3.8) is 0 Å². The standard InChI is InChI=1S/C20H34O3.H2O3/c1-2-3-4-5-6-9-12-17-15-16-19(21)18(17)13-10-7-8-11-14-20(22)23;1-3-2/h9,12,17-18H,2-8,10-11,13-16H2,1H3,(H,22,23);1-2H/b12-9-;/t17-,18+;/m0./s1. The van der Waals surface area contributed by atoms with Crippen LogP contribution in [0.5, 0.6) is 0 Å². The third-order valence-electron chi connectivity index (χ3n) is 4.92. The van der Waals surface area contributed by atoms with Crippen molar-refractivity contribution in [3.8, 4) is 0 Å². The molecule has 0 unspecified atom stereocenters. The number of carbonyl (C=O) groups excluding carboxylic acids is 1. The molecule has 0 bridgehead atoms. The molecule has 0 saturated heterocycles. The third-order valence-corrected chi connectivity index (χ3v) is 4.92. The molecule has 0 aliphatic heterocycles. The second-order valence-corrected chi connectivity index (χ2v) is 6.98. The molecule has 0 heterocycles. The number of hydrogen-bond donors (Lipinski definition) is 3. The highest BCUT2D eigenvalue weighted by molar-refractivity contribution is 5.83. The van der Waals surface area contributed by atoms with Gasteiger partial charge in [0.25, 0.3) is 0 Å². The Morgan fingerprint density at radius 1 is 1.12 bits per heavy atom. The van der Waals surface area contributed by atoms with Gasteiger partial charge in [0, 0.05) is 18.8 Å². The van der Waals surface area contributed by atoms with Crippen LogP contribution in [-0.4, -0.2) is 27.4 Å². The molecule has 3 N–H and O–H groups in total. The topological polar surface area (TPSA) is 104 Å². The van der Waals surface area contributed by atoms with E-state index in [0.717, 1.165) is 51.4 Å². The molecule has 1 fully saturated rings. The number of aliphatic carboxylic acids is 1. The van der Waals surface area contributed by atoms with Crippen molar-refractivity contribution in [1.82, 2.24) is 0 Å². The first-order valence-electron chi connectivity index (χ1n) is 9.92. The predicted octanol–water partition coefficient (Wildman–Crippen LogP) is 5.48. The quantitative estimate of drug-likeness (QED) is 0.171. The van der Waals surface area contributed by atoms with Gasteiger partial charge >= 0.3 is 5.97 Å². The van der Waals surface area contributed by atoms with Crippen LogP contribution in [0.3, 0.4) is 0 Å². The van der Waals surface area contributed by atoms with E-state index in [-0.39, 0.29) is 12.3 Å². The monoisotopic (exact) mass is 372 g/mol. The second-order valence-electron chi connectivity index (χ2n) is 6.98. The van der Waals surface area contributed by atoms with Crippen molar-refractivity contribution >= 4 is 11.8 Å². The van der Waals surface area contributed by atoms with E-state index in [1.807, 2.05) is 0 Å². The van der Waals surface area contributed by atoms with Crippen molar-refractivity contribution in [2.75, 3.05) is 0 Å². The van der Waals surface area contributed by atoms with Crippen LogP contribution in [-0.2, 0) is 14.6 Å². The number of unbranched alkanes of at least 4 members (excludes halogenated alkanes) is 7. The number of hydrogen-bond acceptors (Lipinski definition) is 5. The zero-order valence-corrected chi connectivity index (χ0v) is 16.1. The van der Waals surface area contributed by atoms with E-state index in [2.05, 4.69) is 24.1 Å². The number of carboxylic acids is 1. The molecule has 0 spiro atoms. The summed E-state index contributed by atoms with van der Waals surface area (Å²) >= 11 is 0. The molecular weight excluding hydrogens is 336 g/mol. The van der Waals surface area contributed by atoms with Crippen LogP contribution >= 0.6 is 0 Å². The summed E-state index contributed by atoms with van der Waals surface area (Å²) in [7, 11) is 0. The first kappa shape index (κ1) is 24.8. The van der Waals surface area contributed by atoms with E-state index in [1.165, 1.54) is 25.7 Å². The maximum Gasteiger partial charge on any atom is 0.303 e. The Hall–Kier alpha value is -1.24. The van der Waals surface area contributed by atoms with Crippen molar-refractivity contribution < 1.29 is 30.2 Å². The lowest BCUT2D eigenvalue weighted by Crippen LogP contribution is -2.13. The van der Waals surface area contributed by atoms with Gasteiger partial charge in [-0.3, -0.25) is 9.59 Å². The smallest absolute Gasteiger partial charge is 0.303 e. The second kappa shape index (κ2) is 17.2. The number of carbonyl (C=O) groups is 2. The van der Waals surface area contributed by atoms with E-state index in [9.17, 15) is 9.59 Å². The summed E-state index contributed by atoms with van der Waals surface area (Å²) in [6.45, 7) is 2.23. The van der Waals surface area contributed by atoms with Crippen LogP contribution in [0.2, 0.25) is 0 Å². The lowest BCUT2D eigenvalue weighted by Gasteiger charge is -2.14. The summed E-state index contributed by atoms with van der Waals surface area (Å²) in [5.41, 5.74) is 0. The van der Waals surface area contributed by atoms with E-state index >= 15 is 0 Å². The fourth-order valence-corrected chi connectivity index (χ4v) is 3.49. The predicted molar refractivity (Wildman–Crippen MR) is 101 cm³/mol. The molecule has 0 radical (unpaired) electrons. The summed E-state index contributed by atoms with van der Waals surface area (Å²) in [6, 6.07) is 0. The first-order chi connectivity index (χ1) is 12.6. The minimum absolute atomic E-state index is 0.223. The Morgan fingerprint density at radius 3 is 2.42 bits per heavy atom. The Morgan fingerprint density at radius 2 is 1.77 bits per heavy atom. The SMILES string of the molecule is CCCCCC/C=C\[C@H]1CCC(=O)[C@@H]1CCCCCCC(=O)O.OOO. The highest BCUT2D eigenvalue weighted by atomic mass is 17.4. The largest absolute Gasteiger partial charge is 0.481 e. The molecule has 6 nitrogen and oxygen atoms in total. The molecule has 1 aliphatic carbocycles. The average molecular weight is 373 g/mol. The molecule has 152 valence electrons. The fraction of sp³-hybridized carbons (Fsp3) is 0.800. The lowest BCUT2D eigenvalue weighted by molar-refractivity contribution is -0.465. The van der Waals surface area contributed by atoms with Gasteiger partial charge < -0.3 is 5.11 Å². The Bertz CT molecular complexity index is 394. The average Bonchev–Trinajstić information content (AvgIpc) is 2.94. The van der Waals surface area contributed by atoms with Gasteiger partial charge in [0.1, 0.15) is 5.78 Å². The van der Waals surface area contributed by atoms with Crippen molar-refractivity contribution in [2.45, 2.75) is 90.4 Å². The molecule has 6 heteroatoms. The van der Waals surface area contributed by atoms with Gasteiger partial charge in [-0.2, -0.15) is 0 Å². The third kappa shape index (κ3) is 13.0. The van der Waals surface area contributed by atoms with Crippen LogP contribution in [0.15, 0.2) is 12.2 Å². The molecule has 2 atom stereocenters. The Balaban J connectivity index is 0.00000194. The number of Topliss-reactive ketones (excluding diaryl/α,β-unsaturated/α-hetero) is 1. The molecule has 26 heavy (non-hydrogen) atoms. The lowest BCUT2D eigenvalue weighted by atomic mass is 9.89. The van der Waals surface area contributed by atoms with Crippen LogP contribution < -0.4 is 0 Å². The van der Waals surface area contributed by atoms with Gasteiger partial charge in [0.2, 0.25) is 0 Å². The van der Waals surface area contributed by atoms with Crippen LogP contribution in [0.25, 0.3) is 0 Å². The minimum Gasteiger partial charge on any atom is -0.481 e. The fourth-order valence-electron chi connectivity index (χ4n) is 3.49. The Labute approximate surface area is 157 Å². The van der Waals surface area contributed by atoms with Crippen LogP contribution in [0.1, 0.15) is 90.4 Å². The molecule has 1 aliphatic rings. The number of ketones is 1. The summed E-state index contributed by atoms with van der Waals surface area (Å²) in [6.07, 6.45) is 17.7. The van der Waals surface area contributed by atoms with E-state index < -0.39 is 5.97 Å². The van der Waals surface area contributed by atoms with Crippen molar-refractivity contribution in [2.24, 2.45) is 11.8 Å². The maximum absolute atomic E-state index is 12.1. The summed E-state index contributed by atoms with van der Waals surface area (Å²) in [5.74, 6) is 0.408. The zero-order chi connectivity index (χ0) is 19.6. The molecule has 0 aromatic carbocycles. The molecule has 1 rings (SSSR count). The summed E-state index contributed by atoms with van der Waals surface area (Å²) < 4.78 is 0. The number of rotatable bonds is 13. The van der Waals surface area contributed by atoms with Crippen molar-refractivity contribution in [3.05, 3.63) is 12.2 Å². The Kier molecular flexibility index (Phi) is 16.4. The molecule has 0 aromatic heterocycles. The van der Waals surface area contributed by atoms with E-state index in [1.54, 1.807) is 0 Å². The van der Waals surface area contributed by atoms with Gasteiger partial charge in [-0.05, 0) is 38.0 Å². The zero-order valence-electron chi connectivity index (χ0n) is 16.1. The normalized spacial score (nSPS) is 19.6. The van der Waals surface area contributed by atoms with Gasteiger partial charge in [0.05, 0.1) is 0 Å². The highest BCUT2D eigenvalue weighted by Gasteiger charge is 2.31. The van der Waals surface area contributed by atoms with Crippen LogP contribution in [0.4, 0.5) is 0 Å². The maximum atomic E-state index is 12.1. The molecule has 1 saturated carbocycles. The molecular formula is C20H36O6. The van der Waals surface area contributed by atoms with Crippen LogP contribution in [0, 0.1) is 11.8 Å². The summed E-state index contributed by atoms with van der Waals surface area (Å²) in [5, 5.41) is 24.1. The highest BCUT2D eigenvalue weighted by Crippen LogP contribution is 2.34. The summed E-state index contributed by atoms with van der Waals surface area (Å²) in [4.78, 5) is 22.5. The van der Waals surface area contributed by atoms with Gasteiger partial charge in [-0.25, -0.2) is 10.5 Å². The molecule has 0 aromatic rings. The number of carboxylic acid groups (broad SMARTS) is 1. The molecule has 0 amide bonds. The van der Waals surface area contributed by atoms with Gasteiger partial charge in [-0.1, -0.05) is 62.6 Å². The van der Waals surface area contributed by atoms with Crippen molar-refractivity contribution in [1.29, 1.82) is 0 Å². The number of allylic oxidation sites excluding steroid dienone is 2. The minimum atomic E-state index is -0.708.